The van der Waals surface area contributed by atoms with Gasteiger partial charge in [0.1, 0.15) is 0 Å². The minimum Gasteiger partial charge on any atom is -0.383 e. The van der Waals surface area contributed by atoms with Crippen LogP contribution in [0.5, 0.6) is 0 Å². The summed E-state index contributed by atoms with van der Waals surface area (Å²) in [6.07, 6.45) is 3.19. The van der Waals surface area contributed by atoms with Gasteiger partial charge in [0.25, 0.3) is 5.91 Å². The molecule has 1 N–H and O–H groups in total. The third-order valence-corrected chi connectivity index (χ3v) is 7.07. The van der Waals surface area contributed by atoms with Crippen molar-refractivity contribution in [3.8, 4) is 0 Å². The molecule has 0 saturated carbocycles. The van der Waals surface area contributed by atoms with Crippen LogP contribution in [0.1, 0.15) is 65.9 Å². The smallest absolute Gasteiger partial charge is 0.254 e. The molecule has 2 amide bonds. The molecule has 0 unspecified atom stereocenters. The van der Waals surface area contributed by atoms with Crippen LogP contribution in [-0.2, 0) is 9.53 Å². The molecule has 1 aromatic carbocycles. The Morgan fingerprint density at radius 2 is 1.88 bits per heavy atom. The Hall–Kier alpha value is -2.22. The van der Waals surface area contributed by atoms with Gasteiger partial charge in [-0.3, -0.25) is 9.59 Å². The molecule has 33 heavy (non-hydrogen) atoms. The Labute approximate surface area is 201 Å². The molecule has 3 rings (SSSR count). The van der Waals surface area contributed by atoms with Crippen molar-refractivity contribution in [2.75, 3.05) is 46.4 Å². The van der Waals surface area contributed by atoms with Crippen molar-refractivity contribution in [1.29, 1.82) is 0 Å². The van der Waals surface area contributed by atoms with Crippen LogP contribution in [0.3, 0.4) is 0 Å². The Kier molecular flexibility index (Phi) is 9.91. The predicted octanol–water partition coefficient (Wildman–Crippen LogP) is 4.30. The van der Waals surface area contributed by atoms with E-state index in [4.69, 9.17) is 4.74 Å². The molecule has 0 fully saturated rings. The van der Waals surface area contributed by atoms with Crippen LogP contribution in [0.2, 0.25) is 0 Å². The van der Waals surface area contributed by atoms with Gasteiger partial charge >= 0.3 is 0 Å². The number of carbonyl (C=O) groups excluding carboxylic acids is 2. The molecule has 180 valence electrons. The van der Waals surface area contributed by atoms with Gasteiger partial charge in [-0.15, -0.1) is 11.3 Å². The maximum atomic E-state index is 13.6. The molecule has 2 aromatic rings. The van der Waals surface area contributed by atoms with Crippen molar-refractivity contribution >= 4 is 23.2 Å². The summed E-state index contributed by atoms with van der Waals surface area (Å²) in [5.74, 6) is -0.509. The highest BCUT2D eigenvalue weighted by atomic mass is 32.1. The second-order valence-corrected chi connectivity index (χ2v) is 9.48. The average Bonchev–Trinajstić information content (AvgIpc) is 3.36. The quantitative estimate of drug-likeness (QED) is 0.443. The van der Waals surface area contributed by atoms with Gasteiger partial charge in [-0.2, -0.15) is 0 Å². The summed E-state index contributed by atoms with van der Waals surface area (Å²) in [5.41, 5.74) is 1.42. The van der Waals surface area contributed by atoms with E-state index < -0.39 is 5.92 Å². The number of fused-ring (bicyclic) bond motifs is 1. The molecule has 6 nitrogen and oxygen atoms in total. The van der Waals surface area contributed by atoms with E-state index in [1.807, 2.05) is 46.7 Å². The van der Waals surface area contributed by atoms with E-state index in [0.29, 0.717) is 25.3 Å². The van der Waals surface area contributed by atoms with Crippen LogP contribution in [0.15, 0.2) is 41.8 Å². The van der Waals surface area contributed by atoms with E-state index in [1.165, 1.54) is 0 Å². The van der Waals surface area contributed by atoms with Crippen LogP contribution < -0.4 is 5.32 Å². The minimum absolute atomic E-state index is 0.0201. The summed E-state index contributed by atoms with van der Waals surface area (Å²) in [6.45, 7) is 9.07. The third-order valence-electron chi connectivity index (χ3n) is 6.12. The molecular formula is C26H37N3O3S. The lowest BCUT2D eigenvalue weighted by Gasteiger charge is -2.41. The second kappa shape index (κ2) is 12.9. The molecule has 0 spiro atoms. The van der Waals surface area contributed by atoms with Gasteiger partial charge in [-0.25, -0.2) is 0 Å². The standard InChI is InChI=1S/C26H37N3O3S/c1-4-14-28(15-5-2)16-9-13-27-25(30)23-20-10-6-7-11-21(20)26(31)29(17-18-32-3)24(23)22-12-8-19-33-22/h6-8,10-12,19,23-24H,4-5,9,13-18H2,1-3H3,(H,27,30)/t23-,24-/m1/s1. The molecule has 1 aliphatic rings. The maximum Gasteiger partial charge on any atom is 0.254 e. The zero-order chi connectivity index (χ0) is 23.6. The SMILES string of the molecule is CCCN(CCC)CCCNC(=O)[C@@H]1c2ccccc2C(=O)N(CCOC)[C@@H]1c1cccs1. The fraction of sp³-hybridized carbons (Fsp3) is 0.538. The number of nitrogens with zero attached hydrogens (tertiary/aromatic N) is 2. The first-order chi connectivity index (χ1) is 16.1. The van der Waals surface area contributed by atoms with Crippen molar-refractivity contribution < 1.29 is 14.3 Å². The van der Waals surface area contributed by atoms with Gasteiger partial charge < -0.3 is 19.9 Å². The van der Waals surface area contributed by atoms with Gasteiger partial charge in [0.05, 0.1) is 18.6 Å². The Morgan fingerprint density at radius 1 is 1.12 bits per heavy atom. The molecule has 7 heteroatoms. The third kappa shape index (κ3) is 6.22. The fourth-order valence-corrected chi connectivity index (χ4v) is 5.55. The van der Waals surface area contributed by atoms with Gasteiger partial charge in [0.15, 0.2) is 0 Å². The van der Waals surface area contributed by atoms with Crippen LogP contribution in [0.4, 0.5) is 0 Å². The first-order valence-corrected chi connectivity index (χ1v) is 12.9. The molecule has 0 aliphatic carbocycles. The number of ether oxygens (including phenoxy) is 1. The highest BCUT2D eigenvalue weighted by molar-refractivity contribution is 7.10. The topological polar surface area (TPSA) is 61.9 Å². The van der Waals surface area contributed by atoms with E-state index >= 15 is 0 Å². The van der Waals surface area contributed by atoms with E-state index in [9.17, 15) is 9.59 Å². The fourth-order valence-electron chi connectivity index (χ4n) is 4.68. The summed E-state index contributed by atoms with van der Waals surface area (Å²) in [5, 5.41) is 5.19. The summed E-state index contributed by atoms with van der Waals surface area (Å²) >= 11 is 1.59. The molecule has 2 atom stereocenters. The zero-order valence-corrected chi connectivity index (χ0v) is 20.9. The highest BCUT2D eigenvalue weighted by Crippen LogP contribution is 2.44. The van der Waals surface area contributed by atoms with E-state index in [-0.39, 0.29) is 17.9 Å². The number of carbonyl (C=O) groups is 2. The van der Waals surface area contributed by atoms with Crippen LogP contribution in [0.25, 0.3) is 0 Å². The van der Waals surface area contributed by atoms with E-state index in [0.717, 1.165) is 49.3 Å². The first kappa shape index (κ1) is 25.4. The zero-order valence-electron chi connectivity index (χ0n) is 20.1. The monoisotopic (exact) mass is 471 g/mol. The number of amides is 2. The van der Waals surface area contributed by atoms with Crippen molar-refractivity contribution in [3.63, 3.8) is 0 Å². The number of thiophene rings is 1. The summed E-state index contributed by atoms with van der Waals surface area (Å²) in [4.78, 5) is 32.3. The number of methoxy groups -OCH3 is 1. The molecule has 0 radical (unpaired) electrons. The largest absolute Gasteiger partial charge is 0.383 e. The normalized spacial score (nSPS) is 17.9. The van der Waals surface area contributed by atoms with Crippen LogP contribution in [0, 0.1) is 0 Å². The lowest BCUT2D eigenvalue weighted by Crippen LogP contribution is -2.48. The van der Waals surface area contributed by atoms with E-state index in [2.05, 4.69) is 24.1 Å². The molecule has 0 saturated heterocycles. The Balaban J connectivity index is 1.81. The lowest BCUT2D eigenvalue weighted by molar-refractivity contribution is -0.124. The van der Waals surface area contributed by atoms with Gasteiger partial charge in [0.2, 0.25) is 5.91 Å². The Morgan fingerprint density at radius 3 is 2.55 bits per heavy atom. The van der Waals surface area contributed by atoms with Gasteiger partial charge in [-0.1, -0.05) is 38.1 Å². The lowest BCUT2D eigenvalue weighted by atomic mass is 9.81. The average molecular weight is 472 g/mol. The number of nitrogens with one attached hydrogen (secondary N) is 1. The molecule has 1 aromatic heterocycles. The van der Waals surface area contributed by atoms with Crippen LogP contribution in [-0.4, -0.2) is 68.1 Å². The van der Waals surface area contributed by atoms with Crippen molar-refractivity contribution in [2.45, 2.75) is 45.1 Å². The summed E-state index contributed by atoms with van der Waals surface area (Å²) in [7, 11) is 1.63. The maximum absolute atomic E-state index is 13.6. The first-order valence-electron chi connectivity index (χ1n) is 12.0. The van der Waals surface area contributed by atoms with Crippen molar-refractivity contribution in [3.05, 3.63) is 57.8 Å². The second-order valence-electron chi connectivity index (χ2n) is 8.50. The molecule has 1 aliphatic heterocycles. The number of benzene rings is 1. The van der Waals surface area contributed by atoms with Crippen LogP contribution >= 0.6 is 11.3 Å². The number of hydrogen-bond donors (Lipinski definition) is 1. The highest BCUT2D eigenvalue weighted by Gasteiger charge is 2.44. The number of rotatable bonds is 13. The molecule has 2 heterocycles. The number of hydrogen-bond acceptors (Lipinski definition) is 5. The van der Waals surface area contributed by atoms with Crippen molar-refractivity contribution in [1.82, 2.24) is 15.1 Å². The molecular weight excluding hydrogens is 434 g/mol. The molecule has 0 bridgehead atoms. The van der Waals surface area contributed by atoms with Gasteiger partial charge in [0, 0.05) is 30.6 Å². The van der Waals surface area contributed by atoms with E-state index in [1.54, 1.807) is 18.4 Å². The van der Waals surface area contributed by atoms with Gasteiger partial charge in [-0.05, 0) is 62.0 Å². The minimum atomic E-state index is -0.447. The predicted molar refractivity (Wildman–Crippen MR) is 134 cm³/mol. The Bertz CT molecular complexity index is 881. The van der Waals surface area contributed by atoms with Crippen molar-refractivity contribution in [2.24, 2.45) is 0 Å². The summed E-state index contributed by atoms with van der Waals surface area (Å²) < 4.78 is 5.29. The summed E-state index contributed by atoms with van der Waals surface area (Å²) in [6, 6.07) is 11.2.